The molecule has 0 aliphatic carbocycles. The molecule has 2 aromatic rings. The number of rotatable bonds is 7. The second kappa shape index (κ2) is 7.34. The van der Waals surface area contributed by atoms with Crippen molar-refractivity contribution in [2.75, 3.05) is 18.9 Å². The standard InChI is InChI=1S/C12H17N6O8P/c13-12-16-9-7(10(21)17-12)15-3-18(9)11-8(20)5(1-14-4-19)6(26-11)2-25-27(22,23)24/h3-6,8,11,20H,1-2H2,(H,14,19)(H2,22,23,24)(H3,13,16,17,21)/t5-,6-,8-,11-/m1/s1. The van der Waals surface area contributed by atoms with Crippen LogP contribution >= 0.6 is 7.82 Å². The third-order valence-electron chi connectivity index (χ3n) is 4.09. The molecular formula is C12H17N6O8P. The number of aliphatic hydroxyl groups excluding tert-OH is 1. The van der Waals surface area contributed by atoms with Crippen LogP contribution in [0.1, 0.15) is 6.23 Å². The first-order valence-electron chi connectivity index (χ1n) is 7.64. The highest BCUT2D eigenvalue weighted by Gasteiger charge is 2.45. The number of anilines is 1. The molecule has 0 bridgehead atoms. The zero-order valence-corrected chi connectivity index (χ0v) is 14.5. The predicted molar refractivity (Wildman–Crippen MR) is 88.0 cm³/mol. The van der Waals surface area contributed by atoms with Gasteiger partial charge in [0, 0.05) is 12.5 Å². The lowest BCUT2D eigenvalue weighted by molar-refractivity contribution is -0.109. The summed E-state index contributed by atoms with van der Waals surface area (Å²) in [6.07, 6.45) is -1.68. The van der Waals surface area contributed by atoms with E-state index in [1.54, 1.807) is 0 Å². The minimum Gasteiger partial charge on any atom is -0.388 e. The number of aliphatic hydroxyl groups is 1. The Morgan fingerprint density at radius 1 is 1.52 bits per heavy atom. The number of hydrogen-bond donors (Lipinski definition) is 6. The summed E-state index contributed by atoms with van der Waals surface area (Å²) in [5.41, 5.74) is 4.98. The van der Waals surface area contributed by atoms with Crippen molar-refractivity contribution in [2.24, 2.45) is 5.92 Å². The van der Waals surface area contributed by atoms with Gasteiger partial charge >= 0.3 is 7.82 Å². The molecule has 14 nitrogen and oxygen atoms in total. The number of ether oxygens (including phenoxy) is 1. The molecule has 4 atom stereocenters. The van der Waals surface area contributed by atoms with Crippen LogP contribution in [0.15, 0.2) is 11.1 Å². The number of nitrogen functional groups attached to an aromatic ring is 1. The molecule has 148 valence electrons. The Morgan fingerprint density at radius 2 is 2.26 bits per heavy atom. The van der Waals surface area contributed by atoms with E-state index < -0.39 is 44.3 Å². The van der Waals surface area contributed by atoms with Crippen molar-refractivity contribution in [3.8, 4) is 0 Å². The zero-order valence-electron chi connectivity index (χ0n) is 13.6. The number of imidazole rings is 1. The molecule has 1 aliphatic heterocycles. The van der Waals surface area contributed by atoms with Gasteiger partial charge in [-0.3, -0.25) is 23.7 Å². The number of nitrogens with one attached hydrogen (secondary N) is 2. The van der Waals surface area contributed by atoms with Crippen LogP contribution in [0.25, 0.3) is 11.2 Å². The Bertz CT molecular complexity index is 940. The summed E-state index contributed by atoms with van der Waals surface area (Å²) in [6, 6.07) is 0. The first-order chi connectivity index (χ1) is 12.7. The first kappa shape index (κ1) is 19.4. The molecule has 1 amide bonds. The molecule has 27 heavy (non-hydrogen) atoms. The van der Waals surface area contributed by atoms with Crippen LogP contribution in [0, 0.1) is 5.92 Å². The smallest absolute Gasteiger partial charge is 0.388 e. The molecule has 15 heteroatoms. The second-order valence-corrected chi connectivity index (χ2v) is 7.05. The summed E-state index contributed by atoms with van der Waals surface area (Å²) in [6.45, 7) is -0.578. The minimum absolute atomic E-state index is 0.0301. The van der Waals surface area contributed by atoms with E-state index in [2.05, 4.69) is 24.8 Å². The third-order valence-corrected chi connectivity index (χ3v) is 4.58. The van der Waals surface area contributed by atoms with Crippen molar-refractivity contribution in [2.45, 2.75) is 18.4 Å². The van der Waals surface area contributed by atoms with E-state index in [0.29, 0.717) is 6.41 Å². The number of nitrogens with two attached hydrogens (primary N) is 1. The van der Waals surface area contributed by atoms with Crippen molar-refractivity contribution in [1.29, 1.82) is 0 Å². The van der Waals surface area contributed by atoms with Crippen LogP contribution < -0.4 is 16.6 Å². The number of amides is 1. The van der Waals surface area contributed by atoms with Gasteiger partial charge in [-0.15, -0.1) is 0 Å². The molecule has 2 aromatic heterocycles. The first-order valence-corrected chi connectivity index (χ1v) is 9.17. The molecule has 7 N–H and O–H groups in total. The number of aromatic nitrogens is 4. The van der Waals surface area contributed by atoms with Gasteiger partial charge in [-0.1, -0.05) is 0 Å². The molecule has 3 heterocycles. The number of hydrogen-bond acceptors (Lipinski definition) is 9. The number of fused-ring (bicyclic) bond motifs is 1. The van der Waals surface area contributed by atoms with Crippen molar-refractivity contribution in [1.82, 2.24) is 24.8 Å². The lowest BCUT2D eigenvalue weighted by Gasteiger charge is -2.19. The van der Waals surface area contributed by atoms with Crippen LogP contribution in [0.3, 0.4) is 0 Å². The van der Waals surface area contributed by atoms with Gasteiger partial charge in [-0.2, -0.15) is 4.98 Å². The van der Waals surface area contributed by atoms with Gasteiger partial charge in [-0.05, 0) is 0 Å². The van der Waals surface area contributed by atoms with Gasteiger partial charge in [0.1, 0.15) is 6.10 Å². The lowest BCUT2D eigenvalue weighted by atomic mass is 9.98. The summed E-state index contributed by atoms with van der Waals surface area (Å²) in [5, 5.41) is 13.0. The Kier molecular flexibility index (Phi) is 5.28. The van der Waals surface area contributed by atoms with Crippen molar-refractivity contribution in [3.05, 3.63) is 16.7 Å². The molecular weight excluding hydrogens is 387 g/mol. The largest absolute Gasteiger partial charge is 0.469 e. The summed E-state index contributed by atoms with van der Waals surface area (Å²) in [4.78, 5) is 50.4. The molecule has 0 spiro atoms. The molecule has 0 radical (unpaired) electrons. The van der Waals surface area contributed by atoms with E-state index >= 15 is 0 Å². The predicted octanol–water partition coefficient (Wildman–Crippen LogP) is -2.57. The zero-order chi connectivity index (χ0) is 19.8. The maximum atomic E-state index is 11.9. The maximum Gasteiger partial charge on any atom is 0.469 e. The summed E-state index contributed by atoms with van der Waals surface area (Å²) >= 11 is 0. The molecule has 0 unspecified atom stereocenters. The third kappa shape index (κ3) is 4.00. The fraction of sp³-hybridized carbons (Fsp3) is 0.500. The van der Waals surface area contributed by atoms with Crippen LogP contribution in [0.4, 0.5) is 5.95 Å². The molecule has 0 saturated carbocycles. The van der Waals surface area contributed by atoms with E-state index in [9.17, 15) is 19.3 Å². The number of nitrogens with zero attached hydrogens (tertiary/aromatic N) is 3. The van der Waals surface area contributed by atoms with Gasteiger partial charge < -0.3 is 30.7 Å². The van der Waals surface area contributed by atoms with E-state index in [4.69, 9.17) is 20.3 Å². The number of carbonyl (C=O) groups excluding carboxylic acids is 1. The topological polar surface area (TPSA) is 215 Å². The van der Waals surface area contributed by atoms with E-state index in [-0.39, 0.29) is 23.7 Å². The number of aromatic amines is 1. The Balaban J connectivity index is 1.92. The lowest BCUT2D eigenvalue weighted by Crippen LogP contribution is -2.36. The van der Waals surface area contributed by atoms with Crippen LogP contribution in [-0.2, 0) is 18.6 Å². The fourth-order valence-electron chi connectivity index (χ4n) is 2.92. The molecule has 0 aromatic carbocycles. The Hall–Kier alpha value is -2.35. The average molecular weight is 404 g/mol. The highest BCUT2D eigenvalue weighted by atomic mass is 31.2. The van der Waals surface area contributed by atoms with Gasteiger partial charge in [0.25, 0.3) is 5.56 Å². The van der Waals surface area contributed by atoms with Crippen LogP contribution in [0.2, 0.25) is 0 Å². The molecule has 3 rings (SSSR count). The second-order valence-electron chi connectivity index (χ2n) is 5.81. The summed E-state index contributed by atoms with van der Waals surface area (Å²) < 4.78 is 22.4. The summed E-state index contributed by atoms with van der Waals surface area (Å²) in [5.74, 6) is -0.925. The molecule has 1 saturated heterocycles. The van der Waals surface area contributed by atoms with Gasteiger partial charge in [0.05, 0.1) is 19.0 Å². The highest BCUT2D eigenvalue weighted by molar-refractivity contribution is 7.46. The number of phosphoric ester groups is 1. The van der Waals surface area contributed by atoms with Gasteiger partial charge in [-0.25, -0.2) is 9.55 Å². The van der Waals surface area contributed by atoms with Crippen LogP contribution in [-0.4, -0.2) is 66.2 Å². The molecule has 1 aliphatic rings. The Morgan fingerprint density at radius 3 is 2.93 bits per heavy atom. The van der Waals surface area contributed by atoms with Gasteiger partial charge in [0.2, 0.25) is 12.4 Å². The minimum atomic E-state index is -4.77. The Labute approximate surface area is 150 Å². The summed E-state index contributed by atoms with van der Waals surface area (Å²) in [7, 11) is -4.77. The number of carbonyl (C=O) groups is 1. The normalized spacial score (nSPS) is 25.7. The fourth-order valence-corrected chi connectivity index (χ4v) is 3.26. The molecule has 1 fully saturated rings. The highest BCUT2D eigenvalue weighted by Crippen LogP contribution is 2.40. The van der Waals surface area contributed by atoms with Crippen LogP contribution in [0.5, 0.6) is 0 Å². The van der Waals surface area contributed by atoms with E-state index in [0.717, 1.165) is 0 Å². The van der Waals surface area contributed by atoms with E-state index in [1.165, 1.54) is 10.9 Å². The van der Waals surface area contributed by atoms with Crippen molar-refractivity contribution >= 4 is 31.3 Å². The maximum absolute atomic E-state index is 11.9. The quantitative estimate of drug-likeness (QED) is 0.208. The average Bonchev–Trinajstić information content (AvgIpc) is 3.12. The number of phosphoric acid groups is 1. The monoisotopic (exact) mass is 404 g/mol. The van der Waals surface area contributed by atoms with Gasteiger partial charge in [0.15, 0.2) is 17.4 Å². The van der Waals surface area contributed by atoms with Crippen molar-refractivity contribution < 1.29 is 33.5 Å². The number of H-pyrrole nitrogens is 1. The van der Waals surface area contributed by atoms with E-state index in [1.807, 2.05) is 0 Å². The SMILES string of the molecule is Nc1nc2c(ncn2[C@@H]2O[C@H](COP(=O)(O)O)[C@@H](CNC=O)[C@H]2O)c(=O)[nH]1. The van der Waals surface area contributed by atoms with Crippen molar-refractivity contribution in [3.63, 3.8) is 0 Å².